The molecule has 1 fully saturated rings. The van der Waals surface area contributed by atoms with Crippen LogP contribution in [0.1, 0.15) is 5.69 Å². The average Bonchev–Trinajstić information content (AvgIpc) is 3.04. The Labute approximate surface area is 155 Å². The molecule has 1 aromatic rings. The van der Waals surface area contributed by atoms with Crippen molar-refractivity contribution >= 4 is 51.7 Å². The second kappa shape index (κ2) is 6.80. The fourth-order valence-electron chi connectivity index (χ4n) is 2.62. The molecule has 0 spiro atoms. The van der Waals surface area contributed by atoms with Gasteiger partial charge in [-0.3, -0.25) is 14.5 Å². The predicted molar refractivity (Wildman–Crippen MR) is 94.7 cm³/mol. The van der Waals surface area contributed by atoms with E-state index in [0.717, 1.165) is 16.2 Å². The van der Waals surface area contributed by atoms with Gasteiger partial charge in [0.25, 0.3) is 11.8 Å². The van der Waals surface area contributed by atoms with Gasteiger partial charge in [-0.25, -0.2) is 9.78 Å². The maximum absolute atomic E-state index is 12.4. The highest BCUT2D eigenvalue weighted by Gasteiger charge is 2.54. The summed E-state index contributed by atoms with van der Waals surface area (Å²) in [5, 5.41) is 24.9. The number of aliphatic carboxylic acids is 1. The number of nitrogens with zero attached hydrogens (tertiary/aromatic N) is 3. The van der Waals surface area contributed by atoms with Crippen LogP contribution in [0.3, 0.4) is 0 Å². The Morgan fingerprint density at radius 1 is 1.54 bits per heavy atom. The zero-order valence-electron chi connectivity index (χ0n) is 13.1. The molecule has 0 aromatic carbocycles. The summed E-state index contributed by atoms with van der Waals surface area (Å²) in [6.45, 7) is 3.56. The van der Waals surface area contributed by atoms with Crippen molar-refractivity contribution in [1.82, 2.24) is 15.2 Å². The van der Waals surface area contributed by atoms with E-state index < -0.39 is 29.2 Å². The molecule has 2 amide bonds. The van der Waals surface area contributed by atoms with Gasteiger partial charge in [0, 0.05) is 11.1 Å². The van der Waals surface area contributed by atoms with Crippen LogP contribution >= 0.6 is 23.1 Å². The molecule has 0 aliphatic carbocycles. The van der Waals surface area contributed by atoms with Gasteiger partial charge in [-0.05, 0) is 5.57 Å². The van der Waals surface area contributed by atoms with Gasteiger partial charge in [-0.1, -0.05) is 17.8 Å². The number of nitrogens with one attached hydrogen (secondary N) is 1. The Kier molecular flexibility index (Phi) is 4.70. The summed E-state index contributed by atoms with van der Waals surface area (Å²) >= 11 is 2.37. The van der Waals surface area contributed by atoms with Crippen molar-refractivity contribution < 1.29 is 24.7 Å². The number of hydrogen-bond donors (Lipinski definition) is 4. The quantitative estimate of drug-likeness (QED) is 0.231. The maximum Gasteiger partial charge on any atom is 0.352 e. The van der Waals surface area contributed by atoms with E-state index in [0.29, 0.717) is 11.3 Å². The van der Waals surface area contributed by atoms with Crippen LogP contribution in [-0.2, 0) is 14.4 Å². The van der Waals surface area contributed by atoms with E-state index in [9.17, 15) is 19.5 Å². The summed E-state index contributed by atoms with van der Waals surface area (Å²) in [6.07, 6.45) is 1.40. The molecule has 1 saturated heterocycles. The largest absolute Gasteiger partial charge is 0.477 e. The van der Waals surface area contributed by atoms with Gasteiger partial charge in [0.1, 0.15) is 22.8 Å². The first-order valence-electron chi connectivity index (χ1n) is 7.16. The molecule has 12 heteroatoms. The number of allylic oxidation sites excluding steroid dienone is 1. The topological polar surface area (TPSA) is 158 Å². The van der Waals surface area contributed by atoms with Crippen molar-refractivity contribution in [3.05, 3.63) is 35.0 Å². The molecule has 2 aliphatic heterocycles. The van der Waals surface area contributed by atoms with E-state index in [4.69, 9.17) is 10.9 Å². The number of rotatable bonds is 5. The Morgan fingerprint density at radius 2 is 2.27 bits per heavy atom. The summed E-state index contributed by atoms with van der Waals surface area (Å²) in [5.74, 6) is -2.27. The Balaban J connectivity index is 1.78. The van der Waals surface area contributed by atoms with Gasteiger partial charge in [0.2, 0.25) is 0 Å². The number of nitrogen functional groups attached to an aromatic ring is 1. The van der Waals surface area contributed by atoms with Gasteiger partial charge in [-0.2, -0.15) is 0 Å². The number of carbonyl (C=O) groups excluding carboxylic acids is 2. The minimum Gasteiger partial charge on any atom is -0.477 e. The van der Waals surface area contributed by atoms with Crippen LogP contribution in [-0.4, -0.2) is 60.9 Å². The van der Waals surface area contributed by atoms with Crippen LogP contribution in [0.5, 0.6) is 0 Å². The molecule has 3 rings (SSSR count). The molecule has 26 heavy (non-hydrogen) atoms. The number of nitrogens with two attached hydrogens (primary N) is 1. The zero-order chi connectivity index (χ0) is 19.0. The monoisotopic (exact) mass is 395 g/mol. The average molecular weight is 395 g/mol. The van der Waals surface area contributed by atoms with E-state index in [2.05, 4.69) is 22.0 Å². The van der Waals surface area contributed by atoms with E-state index in [1.54, 1.807) is 0 Å². The van der Waals surface area contributed by atoms with Crippen LogP contribution in [0.2, 0.25) is 0 Å². The van der Waals surface area contributed by atoms with Crippen molar-refractivity contribution in [2.24, 2.45) is 5.16 Å². The highest BCUT2D eigenvalue weighted by atomic mass is 32.2. The first kappa shape index (κ1) is 17.9. The molecule has 0 saturated carbocycles. The first-order valence-corrected chi connectivity index (χ1v) is 9.09. The maximum atomic E-state index is 12.4. The second-order valence-electron chi connectivity index (χ2n) is 5.26. The third-order valence-electron chi connectivity index (χ3n) is 3.81. The summed E-state index contributed by atoms with van der Waals surface area (Å²) < 4.78 is 0. The number of anilines is 1. The predicted octanol–water partition coefficient (Wildman–Crippen LogP) is -0.172. The lowest BCUT2D eigenvalue weighted by Crippen LogP contribution is -2.71. The molecule has 0 radical (unpaired) electrons. The summed E-state index contributed by atoms with van der Waals surface area (Å²) in [7, 11) is 0. The number of thioether (sulfide) groups is 1. The van der Waals surface area contributed by atoms with E-state index >= 15 is 0 Å². The Bertz CT molecular complexity index is 877. The molecule has 10 nitrogen and oxygen atoms in total. The number of β-lactam (4-membered cyclic amide) rings is 1. The van der Waals surface area contributed by atoms with Gasteiger partial charge in [-0.15, -0.1) is 23.1 Å². The third-order valence-corrected chi connectivity index (χ3v) is 5.79. The number of oxime groups is 1. The van der Waals surface area contributed by atoms with Crippen molar-refractivity contribution in [1.29, 1.82) is 0 Å². The van der Waals surface area contributed by atoms with Crippen molar-refractivity contribution in [3.63, 3.8) is 0 Å². The highest BCUT2D eigenvalue weighted by Crippen LogP contribution is 2.40. The lowest BCUT2D eigenvalue weighted by atomic mass is 10.0. The zero-order valence-corrected chi connectivity index (χ0v) is 14.7. The molecular formula is C14H13N5O5S2. The van der Waals surface area contributed by atoms with Gasteiger partial charge in [0.05, 0.1) is 0 Å². The number of carboxylic acids is 1. The van der Waals surface area contributed by atoms with Crippen LogP contribution < -0.4 is 11.1 Å². The van der Waals surface area contributed by atoms with Crippen LogP contribution in [0.4, 0.5) is 5.13 Å². The number of hydrogen-bond acceptors (Lipinski definition) is 9. The van der Waals surface area contributed by atoms with Crippen LogP contribution in [0.15, 0.2) is 34.5 Å². The lowest BCUT2D eigenvalue weighted by molar-refractivity contribution is -0.150. The molecule has 0 bridgehead atoms. The Morgan fingerprint density at radius 3 is 2.81 bits per heavy atom. The van der Waals surface area contributed by atoms with Crippen molar-refractivity contribution in [2.45, 2.75) is 11.4 Å². The molecule has 3 heterocycles. The van der Waals surface area contributed by atoms with Crippen LogP contribution in [0, 0.1) is 0 Å². The standard InChI is InChI=1S/C14H13N5O5S2/c1-2-5-3-25-12-8(11(21)19(12)9(5)13(22)23)17-10(20)7(18-24)6-4-26-14(15)16-6/h2,4,8,12,24H,1,3H2,(H2,15,16)(H,17,20)(H,22,23)/b18-7+/t8?,12-/m1/s1. The molecule has 1 unspecified atom stereocenters. The summed E-state index contributed by atoms with van der Waals surface area (Å²) in [6, 6.07) is -0.944. The number of aromatic nitrogens is 1. The van der Waals surface area contributed by atoms with Gasteiger partial charge >= 0.3 is 5.97 Å². The molecule has 5 N–H and O–H groups in total. The molecule has 2 aliphatic rings. The molecule has 2 atom stereocenters. The van der Waals surface area contributed by atoms with Crippen molar-refractivity contribution in [2.75, 3.05) is 11.5 Å². The number of thiazole rings is 1. The lowest BCUT2D eigenvalue weighted by Gasteiger charge is -2.49. The number of carboxylic acid groups (broad SMARTS) is 1. The third kappa shape index (κ3) is 2.82. The Hall–Kier alpha value is -2.86. The summed E-state index contributed by atoms with van der Waals surface area (Å²) in [4.78, 5) is 41.2. The van der Waals surface area contributed by atoms with Gasteiger partial charge in [0.15, 0.2) is 10.8 Å². The van der Waals surface area contributed by atoms with Crippen molar-refractivity contribution in [3.8, 4) is 0 Å². The summed E-state index contributed by atoms with van der Waals surface area (Å²) in [5.41, 5.74) is 5.49. The fraction of sp³-hybridized carbons (Fsp3) is 0.214. The molecule has 1 aromatic heterocycles. The van der Waals surface area contributed by atoms with E-state index in [1.165, 1.54) is 23.2 Å². The van der Waals surface area contributed by atoms with E-state index in [1.807, 2.05) is 0 Å². The van der Waals surface area contributed by atoms with E-state index in [-0.39, 0.29) is 22.2 Å². The number of carbonyl (C=O) groups is 3. The first-order chi connectivity index (χ1) is 12.4. The van der Waals surface area contributed by atoms with Crippen LogP contribution in [0.25, 0.3) is 0 Å². The molecular weight excluding hydrogens is 382 g/mol. The highest BCUT2D eigenvalue weighted by molar-refractivity contribution is 8.00. The minimum atomic E-state index is -1.24. The molecule has 136 valence electrons. The second-order valence-corrected chi connectivity index (χ2v) is 7.26. The number of amides is 2. The SMILES string of the molecule is C=CC1=C(C(=O)O)N2C(=O)C(NC(=O)/C(=N/O)c3csc(N)n3)[C@H]2SC1. The fourth-order valence-corrected chi connectivity index (χ4v) is 4.51. The smallest absolute Gasteiger partial charge is 0.352 e. The minimum absolute atomic E-state index is 0.0764. The number of fused-ring (bicyclic) bond motifs is 1. The normalized spacial score (nSPS) is 22.5. The van der Waals surface area contributed by atoms with Gasteiger partial charge < -0.3 is 21.4 Å².